The predicted molar refractivity (Wildman–Crippen MR) is 111 cm³/mol. The zero-order valence-electron chi connectivity index (χ0n) is 12.2. The fourth-order valence-electron chi connectivity index (χ4n) is 1.94. The molecular weight excluding hydrogens is 537 g/mol. The van der Waals surface area contributed by atoms with Crippen molar-refractivity contribution in [2.45, 2.75) is 6.42 Å². The van der Waals surface area contributed by atoms with Crippen molar-refractivity contribution >= 4 is 71.5 Å². The zero-order valence-corrected chi connectivity index (χ0v) is 17.6. The number of rotatable bonds is 1. The molecule has 4 N–H and O–H groups in total. The standard InChI is InChI=1S/C11H12BrNO.C5H4BrIN2/c12-10-7-9(1-2-11(10)13)8-3-5-14-6-4-8;6-4-1-3(7)2-9-5(4)8/h1-3,7H,4-6,13H2;1-2H,(H2,8,9). The van der Waals surface area contributed by atoms with Crippen LogP contribution in [0.2, 0.25) is 0 Å². The van der Waals surface area contributed by atoms with Gasteiger partial charge in [0.15, 0.2) is 0 Å². The Kier molecular flexibility index (Phi) is 7.32. The van der Waals surface area contributed by atoms with Crippen LogP contribution < -0.4 is 11.5 Å². The number of nitrogens with two attached hydrogens (primary N) is 2. The van der Waals surface area contributed by atoms with Crippen molar-refractivity contribution in [2.75, 3.05) is 24.7 Å². The van der Waals surface area contributed by atoms with Gasteiger partial charge in [0.2, 0.25) is 0 Å². The van der Waals surface area contributed by atoms with E-state index in [9.17, 15) is 0 Å². The fraction of sp³-hybridized carbons (Fsp3) is 0.188. The van der Waals surface area contributed by atoms with E-state index in [1.165, 1.54) is 11.1 Å². The summed E-state index contributed by atoms with van der Waals surface area (Å²) in [7, 11) is 0. The summed E-state index contributed by atoms with van der Waals surface area (Å²) in [4.78, 5) is 3.90. The molecule has 2 aromatic rings. The molecule has 1 aromatic carbocycles. The predicted octanol–water partition coefficient (Wildman–Crippen LogP) is 4.87. The van der Waals surface area contributed by atoms with Crippen molar-refractivity contribution in [3.05, 3.63) is 54.6 Å². The Hall–Kier alpha value is -0.640. The number of hydrogen-bond donors (Lipinski definition) is 2. The van der Waals surface area contributed by atoms with Gasteiger partial charge in [0.25, 0.3) is 0 Å². The monoisotopic (exact) mass is 551 g/mol. The minimum atomic E-state index is 0.537. The summed E-state index contributed by atoms with van der Waals surface area (Å²) in [6.45, 7) is 1.53. The molecule has 0 fully saturated rings. The summed E-state index contributed by atoms with van der Waals surface area (Å²) >= 11 is 8.86. The number of ether oxygens (including phenoxy) is 1. The number of hydrogen-bond acceptors (Lipinski definition) is 4. The van der Waals surface area contributed by atoms with Gasteiger partial charge in [0.05, 0.1) is 17.7 Å². The van der Waals surface area contributed by atoms with Gasteiger partial charge in [0.1, 0.15) is 5.82 Å². The molecule has 0 saturated heterocycles. The van der Waals surface area contributed by atoms with Gasteiger partial charge >= 0.3 is 0 Å². The zero-order chi connectivity index (χ0) is 16.8. The Morgan fingerprint density at radius 3 is 2.48 bits per heavy atom. The number of benzene rings is 1. The Morgan fingerprint density at radius 2 is 1.91 bits per heavy atom. The maximum absolute atomic E-state index is 5.73. The van der Waals surface area contributed by atoms with Gasteiger partial charge in [-0.15, -0.1) is 0 Å². The molecule has 3 rings (SSSR count). The first-order chi connectivity index (χ1) is 11.0. The number of pyridine rings is 1. The number of nitrogens with zero attached hydrogens (tertiary/aromatic N) is 1. The fourth-order valence-corrected chi connectivity index (χ4v) is 3.55. The van der Waals surface area contributed by atoms with E-state index < -0.39 is 0 Å². The first kappa shape index (κ1) is 18.7. The van der Waals surface area contributed by atoms with Crippen LogP contribution in [0.3, 0.4) is 0 Å². The number of aromatic nitrogens is 1. The molecule has 1 aliphatic rings. The van der Waals surface area contributed by atoms with Crippen LogP contribution in [0.15, 0.2) is 45.5 Å². The average molecular weight is 553 g/mol. The Balaban J connectivity index is 0.000000185. The molecule has 0 saturated carbocycles. The number of anilines is 2. The van der Waals surface area contributed by atoms with Gasteiger partial charge in [-0.1, -0.05) is 12.1 Å². The van der Waals surface area contributed by atoms with Crippen LogP contribution in [0.5, 0.6) is 0 Å². The Labute approximate surface area is 166 Å². The third-order valence-electron chi connectivity index (χ3n) is 3.17. The first-order valence-corrected chi connectivity index (χ1v) is 9.52. The normalized spacial score (nSPS) is 13.8. The van der Waals surface area contributed by atoms with E-state index in [-0.39, 0.29) is 0 Å². The molecule has 0 spiro atoms. The molecule has 7 heteroatoms. The highest BCUT2D eigenvalue weighted by atomic mass is 127. The van der Waals surface area contributed by atoms with Gasteiger partial charge in [-0.3, -0.25) is 0 Å². The van der Waals surface area contributed by atoms with E-state index in [0.29, 0.717) is 5.82 Å². The van der Waals surface area contributed by atoms with E-state index in [0.717, 1.165) is 37.8 Å². The molecule has 122 valence electrons. The lowest BCUT2D eigenvalue weighted by Gasteiger charge is -2.14. The van der Waals surface area contributed by atoms with Crippen molar-refractivity contribution in [3.8, 4) is 0 Å². The highest BCUT2D eigenvalue weighted by Gasteiger charge is 2.07. The van der Waals surface area contributed by atoms with E-state index in [4.69, 9.17) is 16.2 Å². The largest absolute Gasteiger partial charge is 0.398 e. The quantitative estimate of drug-likeness (QED) is 0.391. The van der Waals surface area contributed by atoms with Gasteiger partial charge in [-0.05, 0) is 90.2 Å². The Bertz CT molecular complexity index is 722. The van der Waals surface area contributed by atoms with Crippen LogP contribution in [0.1, 0.15) is 12.0 Å². The average Bonchev–Trinajstić information content (AvgIpc) is 2.55. The van der Waals surface area contributed by atoms with Gasteiger partial charge in [-0.25, -0.2) is 4.98 Å². The number of halogens is 3. The lowest BCUT2D eigenvalue weighted by atomic mass is 10.0. The highest BCUT2D eigenvalue weighted by Crippen LogP contribution is 2.27. The van der Waals surface area contributed by atoms with E-state index in [1.807, 2.05) is 12.1 Å². The van der Waals surface area contributed by atoms with Crippen molar-refractivity contribution in [1.29, 1.82) is 0 Å². The SMILES string of the molecule is Nc1ccc(C2=CCOCC2)cc1Br.Nc1ncc(I)cc1Br. The minimum absolute atomic E-state index is 0.537. The molecule has 0 aliphatic carbocycles. The molecule has 4 nitrogen and oxygen atoms in total. The smallest absolute Gasteiger partial charge is 0.137 e. The van der Waals surface area contributed by atoms with Crippen molar-refractivity contribution in [1.82, 2.24) is 4.98 Å². The van der Waals surface area contributed by atoms with Gasteiger partial charge in [0, 0.05) is 19.9 Å². The number of nitrogen functional groups attached to an aromatic ring is 2. The molecule has 0 bridgehead atoms. The molecule has 1 aromatic heterocycles. The summed E-state index contributed by atoms with van der Waals surface area (Å²) < 4.78 is 8.16. The van der Waals surface area contributed by atoms with Crippen LogP contribution in [0.25, 0.3) is 5.57 Å². The minimum Gasteiger partial charge on any atom is -0.398 e. The molecule has 1 aliphatic heterocycles. The summed E-state index contributed by atoms with van der Waals surface area (Å²) in [6.07, 6.45) is 4.83. The first-order valence-electron chi connectivity index (χ1n) is 6.86. The van der Waals surface area contributed by atoms with Crippen LogP contribution >= 0.6 is 54.5 Å². The maximum atomic E-state index is 5.73. The van der Waals surface area contributed by atoms with E-state index in [2.05, 4.69) is 77.6 Å². The second kappa shape index (κ2) is 9.00. The van der Waals surface area contributed by atoms with Crippen LogP contribution in [-0.2, 0) is 4.74 Å². The van der Waals surface area contributed by atoms with Crippen molar-refractivity contribution in [3.63, 3.8) is 0 Å². The molecule has 0 atom stereocenters. The summed E-state index contributed by atoms with van der Waals surface area (Å²) in [5.74, 6) is 0.537. The van der Waals surface area contributed by atoms with Crippen LogP contribution in [0.4, 0.5) is 11.5 Å². The second-order valence-corrected chi connectivity index (χ2v) is 7.77. The van der Waals surface area contributed by atoms with E-state index in [1.54, 1.807) is 6.20 Å². The molecular formula is C16H16Br2IN3O. The third kappa shape index (κ3) is 5.74. The van der Waals surface area contributed by atoms with Crippen molar-refractivity contribution < 1.29 is 4.74 Å². The summed E-state index contributed by atoms with van der Waals surface area (Å²) in [6, 6.07) is 7.96. The lowest BCUT2D eigenvalue weighted by Crippen LogP contribution is -2.03. The van der Waals surface area contributed by atoms with Crippen LogP contribution in [0, 0.1) is 3.57 Å². The van der Waals surface area contributed by atoms with E-state index >= 15 is 0 Å². The topological polar surface area (TPSA) is 74.2 Å². The third-order valence-corrected chi connectivity index (χ3v) is 5.08. The Morgan fingerprint density at radius 1 is 1.13 bits per heavy atom. The van der Waals surface area contributed by atoms with Gasteiger partial charge < -0.3 is 16.2 Å². The maximum Gasteiger partial charge on any atom is 0.137 e. The summed E-state index contributed by atoms with van der Waals surface area (Å²) in [5, 5.41) is 0. The molecule has 0 unspecified atom stereocenters. The molecule has 23 heavy (non-hydrogen) atoms. The highest BCUT2D eigenvalue weighted by molar-refractivity contribution is 14.1. The summed E-state index contributed by atoms with van der Waals surface area (Å²) in [5.41, 5.74) is 14.5. The molecule has 2 heterocycles. The van der Waals surface area contributed by atoms with Crippen LogP contribution in [-0.4, -0.2) is 18.2 Å². The van der Waals surface area contributed by atoms with Crippen molar-refractivity contribution in [2.24, 2.45) is 0 Å². The molecule has 0 amide bonds. The second-order valence-electron chi connectivity index (χ2n) is 4.81. The lowest BCUT2D eigenvalue weighted by molar-refractivity contribution is 0.161. The molecule has 0 radical (unpaired) electrons. The van der Waals surface area contributed by atoms with Gasteiger partial charge in [-0.2, -0.15) is 0 Å².